The van der Waals surface area contributed by atoms with Crippen LogP contribution < -0.4 is 5.56 Å². The molecule has 4 heterocycles. The number of nitrogens with zero attached hydrogens (tertiary/aromatic N) is 3. The molecule has 0 spiro atoms. The summed E-state index contributed by atoms with van der Waals surface area (Å²) in [6.45, 7) is 11.4. The summed E-state index contributed by atoms with van der Waals surface area (Å²) in [6.07, 6.45) is 12.4. The van der Waals surface area contributed by atoms with Crippen LogP contribution in [-0.2, 0) is 25.1 Å². The second-order valence-corrected chi connectivity index (χ2v) is 18.2. The van der Waals surface area contributed by atoms with E-state index in [1.807, 2.05) is 0 Å². The Balaban J connectivity index is 1.48. The lowest BCUT2D eigenvalue weighted by Crippen LogP contribution is -2.49. The smallest absolute Gasteiger partial charge is 0.279 e. The molecule has 41 heavy (non-hydrogen) atoms. The number of halogens is 1. The number of terminal acetylenes is 1. The second kappa shape index (κ2) is 11.9. The van der Waals surface area contributed by atoms with Gasteiger partial charge in [0.15, 0.2) is 32.0 Å². The number of imidazole rings is 1. The monoisotopic (exact) mass is 588 g/mol. The molecule has 5 atom stereocenters. The fourth-order valence-electron chi connectivity index (χ4n) is 5.88. The van der Waals surface area contributed by atoms with Crippen molar-refractivity contribution in [2.45, 2.75) is 127 Å². The third-order valence-electron chi connectivity index (χ3n) is 9.43. The largest absolute Gasteiger partial charge is 0.414 e. The van der Waals surface area contributed by atoms with Gasteiger partial charge in [-0.3, -0.25) is 9.36 Å². The summed E-state index contributed by atoms with van der Waals surface area (Å²) in [5.41, 5.74) is -2.37. The van der Waals surface area contributed by atoms with Crippen LogP contribution in [0.25, 0.3) is 11.2 Å². The molecule has 5 rings (SSSR count). The molecule has 11 heteroatoms. The molecule has 1 unspecified atom stereocenters. The van der Waals surface area contributed by atoms with Gasteiger partial charge in [0.1, 0.15) is 18.0 Å². The minimum absolute atomic E-state index is 0.0486. The zero-order valence-electron chi connectivity index (χ0n) is 25.1. The first-order valence-electron chi connectivity index (χ1n) is 15.1. The van der Waals surface area contributed by atoms with Crippen LogP contribution in [0, 0.1) is 18.3 Å². The van der Waals surface area contributed by atoms with Crippen LogP contribution in [0.5, 0.6) is 0 Å². The molecule has 2 saturated heterocycles. The Morgan fingerprint density at radius 3 is 2.61 bits per heavy atom. The van der Waals surface area contributed by atoms with Crippen molar-refractivity contribution in [2.24, 2.45) is 5.92 Å². The molecule has 2 aromatic rings. The van der Waals surface area contributed by atoms with E-state index in [9.17, 15) is 4.79 Å². The van der Waals surface area contributed by atoms with Crippen molar-refractivity contribution < 1.29 is 23.0 Å². The maximum atomic E-state index is 17.1. The number of rotatable bonds is 8. The molecule has 1 saturated carbocycles. The van der Waals surface area contributed by atoms with Crippen LogP contribution in [0.3, 0.4) is 0 Å². The quantitative estimate of drug-likeness (QED) is 0.325. The highest BCUT2D eigenvalue weighted by Crippen LogP contribution is 2.46. The maximum Gasteiger partial charge on any atom is 0.279 e. The van der Waals surface area contributed by atoms with Crippen molar-refractivity contribution >= 4 is 19.5 Å². The van der Waals surface area contributed by atoms with Crippen LogP contribution in [0.4, 0.5) is 4.39 Å². The van der Waals surface area contributed by atoms with Crippen LogP contribution in [0.15, 0.2) is 11.1 Å². The highest BCUT2D eigenvalue weighted by atomic mass is 28.4. The predicted octanol–water partition coefficient (Wildman–Crippen LogP) is 5.41. The maximum absolute atomic E-state index is 17.1. The number of alkyl halides is 1. The van der Waals surface area contributed by atoms with Crippen LogP contribution >= 0.6 is 0 Å². The Morgan fingerprint density at radius 2 is 1.95 bits per heavy atom. The highest BCUT2D eigenvalue weighted by Gasteiger charge is 2.60. The van der Waals surface area contributed by atoms with Gasteiger partial charge in [-0.05, 0) is 43.3 Å². The molecule has 1 N–H and O–H groups in total. The lowest BCUT2D eigenvalue weighted by Gasteiger charge is -2.37. The lowest BCUT2D eigenvalue weighted by molar-refractivity contribution is -0.211. The van der Waals surface area contributed by atoms with E-state index >= 15 is 4.39 Å². The van der Waals surface area contributed by atoms with Gasteiger partial charge in [0, 0.05) is 13.0 Å². The SMILES string of the molecule is C#C[C@@]1(F)[C@H](OC2CCCCO2)[C@@H](CO[Si](C)(C)C(C)(C)C)O[C@H]1n1cnc2c(=O)[nH]c(CC3CCCCC3)nc21. The molecule has 0 aromatic carbocycles. The van der Waals surface area contributed by atoms with Crippen LogP contribution in [0.2, 0.25) is 18.1 Å². The Kier molecular flexibility index (Phi) is 8.80. The Morgan fingerprint density at radius 1 is 1.22 bits per heavy atom. The molecule has 3 fully saturated rings. The lowest BCUT2D eigenvalue weighted by atomic mass is 9.87. The first-order chi connectivity index (χ1) is 19.4. The predicted molar refractivity (Wildman–Crippen MR) is 157 cm³/mol. The van der Waals surface area contributed by atoms with Crippen molar-refractivity contribution in [3.8, 4) is 12.3 Å². The zero-order valence-corrected chi connectivity index (χ0v) is 26.1. The normalized spacial score (nSPS) is 30.1. The van der Waals surface area contributed by atoms with Gasteiger partial charge in [-0.15, -0.1) is 6.42 Å². The van der Waals surface area contributed by atoms with Crippen molar-refractivity contribution in [3.63, 3.8) is 0 Å². The van der Waals surface area contributed by atoms with E-state index in [0.29, 0.717) is 31.2 Å². The van der Waals surface area contributed by atoms with Crippen molar-refractivity contribution in [3.05, 3.63) is 22.5 Å². The first kappa shape index (κ1) is 30.4. The summed E-state index contributed by atoms with van der Waals surface area (Å²) in [5.74, 6) is 3.38. The summed E-state index contributed by atoms with van der Waals surface area (Å²) in [6, 6.07) is 0. The number of fused-ring (bicyclic) bond motifs is 1. The Labute approximate surface area is 243 Å². The number of aromatic nitrogens is 4. The zero-order chi connectivity index (χ0) is 29.4. The van der Waals surface area contributed by atoms with Crippen molar-refractivity contribution in [1.82, 2.24) is 19.5 Å². The van der Waals surface area contributed by atoms with Crippen molar-refractivity contribution in [2.75, 3.05) is 13.2 Å². The van der Waals surface area contributed by atoms with E-state index < -0.39 is 38.7 Å². The number of hydrogen-bond acceptors (Lipinski definition) is 7. The second-order valence-electron chi connectivity index (χ2n) is 13.4. The molecular weight excluding hydrogens is 543 g/mol. The number of H-pyrrole nitrogens is 1. The van der Waals surface area contributed by atoms with E-state index in [1.54, 1.807) is 0 Å². The van der Waals surface area contributed by atoms with Gasteiger partial charge in [0.25, 0.3) is 5.56 Å². The molecule has 226 valence electrons. The molecular formula is C30H45FN4O5Si. The number of nitrogens with one attached hydrogen (secondary N) is 1. The topological polar surface area (TPSA) is 100 Å². The first-order valence-corrected chi connectivity index (χ1v) is 18.0. The number of ether oxygens (including phenoxy) is 3. The molecule has 2 aliphatic heterocycles. The highest BCUT2D eigenvalue weighted by molar-refractivity contribution is 6.74. The standard InChI is InChI=1S/C30H45FN4O5Si/c1-7-30(31)25(40-23-15-11-12-16-37-23)21(18-38-41(5,6)29(2,3)4)39-28(30)35-19-32-24-26(35)33-22(34-27(24)36)17-20-13-9-8-10-14-20/h1,19-21,23,25,28H,8-18H2,2-6H3,(H,33,34,36)/t21-,23?,25-,28-,30-/m1/s1. The van der Waals surface area contributed by atoms with E-state index in [0.717, 1.165) is 25.7 Å². The minimum atomic E-state index is -2.39. The average molecular weight is 589 g/mol. The summed E-state index contributed by atoms with van der Waals surface area (Å²) in [7, 11) is -2.20. The summed E-state index contributed by atoms with van der Waals surface area (Å²) in [4.78, 5) is 24.9. The molecule has 2 aromatic heterocycles. The summed E-state index contributed by atoms with van der Waals surface area (Å²) < 4.78 is 43.5. The summed E-state index contributed by atoms with van der Waals surface area (Å²) in [5, 5.41) is -0.0486. The van der Waals surface area contributed by atoms with Gasteiger partial charge in [-0.2, -0.15) is 0 Å². The van der Waals surface area contributed by atoms with E-state index in [1.165, 1.54) is 30.2 Å². The fourth-order valence-corrected chi connectivity index (χ4v) is 6.89. The average Bonchev–Trinajstić information content (AvgIpc) is 3.47. The van der Waals surface area contributed by atoms with E-state index in [4.69, 9.17) is 30.0 Å². The van der Waals surface area contributed by atoms with Gasteiger partial charge in [-0.1, -0.05) is 58.8 Å². The fraction of sp³-hybridized carbons (Fsp3) is 0.767. The minimum Gasteiger partial charge on any atom is -0.414 e. The molecule has 1 aliphatic carbocycles. The van der Waals surface area contributed by atoms with Gasteiger partial charge in [0.2, 0.25) is 5.67 Å². The van der Waals surface area contributed by atoms with E-state index in [-0.39, 0.29) is 28.4 Å². The molecule has 0 amide bonds. The van der Waals surface area contributed by atoms with E-state index in [2.05, 4.69) is 49.8 Å². The molecule has 0 radical (unpaired) electrons. The van der Waals surface area contributed by atoms with Gasteiger partial charge >= 0.3 is 0 Å². The Bertz CT molecular complexity index is 1300. The number of hydrogen-bond donors (Lipinski definition) is 1. The number of aromatic amines is 1. The third kappa shape index (κ3) is 6.18. The summed E-state index contributed by atoms with van der Waals surface area (Å²) >= 11 is 0. The van der Waals surface area contributed by atoms with Crippen LogP contribution in [0.1, 0.15) is 84.2 Å². The molecule has 3 aliphatic rings. The van der Waals surface area contributed by atoms with Gasteiger partial charge < -0.3 is 23.6 Å². The van der Waals surface area contributed by atoms with Crippen molar-refractivity contribution in [1.29, 1.82) is 0 Å². The molecule has 9 nitrogen and oxygen atoms in total. The van der Waals surface area contributed by atoms with Gasteiger partial charge in [-0.25, -0.2) is 14.4 Å². The van der Waals surface area contributed by atoms with Crippen LogP contribution in [-0.4, -0.2) is 65.2 Å². The van der Waals surface area contributed by atoms with Gasteiger partial charge in [0.05, 0.1) is 12.9 Å². The Hall–Kier alpha value is -2.10. The third-order valence-corrected chi connectivity index (χ3v) is 13.9. The molecule has 0 bridgehead atoms.